The van der Waals surface area contributed by atoms with Gasteiger partial charge in [0.25, 0.3) is 0 Å². The number of hydrogen-bond donors (Lipinski definition) is 2. The van der Waals surface area contributed by atoms with Gasteiger partial charge in [-0.25, -0.2) is 0 Å². The lowest BCUT2D eigenvalue weighted by atomic mass is 10.1. The van der Waals surface area contributed by atoms with Crippen LogP contribution < -0.4 is 10.6 Å². The van der Waals surface area contributed by atoms with Crippen molar-refractivity contribution >= 4 is 5.91 Å². The zero-order chi connectivity index (χ0) is 13.2. The van der Waals surface area contributed by atoms with E-state index in [9.17, 15) is 4.79 Å². The number of benzene rings is 1. The average molecular weight is 250 g/mol. The number of methoxy groups -OCH3 is 1. The monoisotopic (exact) mass is 250 g/mol. The zero-order valence-corrected chi connectivity index (χ0v) is 11.2. The van der Waals surface area contributed by atoms with Crippen LogP contribution in [-0.2, 0) is 16.0 Å². The summed E-state index contributed by atoms with van der Waals surface area (Å²) in [6.07, 6.45) is 0.444. The molecule has 0 bridgehead atoms. The van der Waals surface area contributed by atoms with Crippen molar-refractivity contribution in [1.82, 2.24) is 10.6 Å². The second-order valence-corrected chi connectivity index (χ2v) is 4.26. The Hall–Kier alpha value is -1.39. The van der Waals surface area contributed by atoms with Gasteiger partial charge in [-0.05, 0) is 12.5 Å². The van der Waals surface area contributed by atoms with E-state index in [1.54, 1.807) is 7.11 Å². The second-order valence-electron chi connectivity index (χ2n) is 4.26. The maximum Gasteiger partial charge on any atom is 0.224 e. The van der Waals surface area contributed by atoms with Gasteiger partial charge in [-0.3, -0.25) is 4.79 Å². The summed E-state index contributed by atoms with van der Waals surface area (Å²) in [5, 5.41) is 6.06. The third-order valence-electron chi connectivity index (χ3n) is 2.55. The quantitative estimate of drug-likeness (QED) is 0.674. The van der Waals surface area contributed by atoms with E-state index in [0.29, 0.717) is 19.6 Å². The Morgan fingerprint density at radius 3 is 2.83 bits per heavy atom. The van der Waals surface area contributed by atoms with Gasteiger partial charge in [0.05, 0.1) is 13.0 Å². The number of nitrogens with one attached hydrogen (secondary N) is 2. The Bertz CT molecular complexity index is 367. The van der Waals surface area contributed by atoms with Crippen LogP contribution in [0.1, 0.15) is 11.1 Å². The standard InChI is InChI=1S/C14H22N2O2/c1-12-4-3-5-13(10-12)11-14(17)16-7-6-15-8-9-18-2/h3-5,10,15H,6-9,11H2,1-2H3,(H,16,17). The van der Waals surface area contributed by atoms with E-state index >= 15 is 0 Å². The summed E-state index contributed by atoms with van der Waals surface area (Å²) in [5.41, 5.74) is 2.24. The maximum absolute atomic E-state index is 11.6. The fourth-order valence-corrected chi connectivity index (χ4v) is 1.66. The molecule has 0 aliphatic rings. The highest BCUT2D eigenvalue weighted by Gasteiger charge is 2.02. The van der Waals surface area contributed by atoms with Crippen LogP contribution in [0.3, 0.4) is 0 Å². The van der Waals surface area contributed by atoms with E-state index < -0.39 is 0 Å². The first-order chi connectivity index (χ1) is 8.72. The molecule has 100 valence electrons. The fraction of sp³-hybridized carbons (Fsp3) is 0.500. The molecule has 0 fully saturated rings. The molecule has 0 aromatic heterocycles. The van der Waals surface area contributed by atoms with Crippen LogP contribution in [0.25, 0.3) is 0 Å². The van der Waals surface area contributed by atoms with Crippen LogP contribution in [0.2, 0.25) is 0 Å². The SMILES string of the molecule is COCCNCCNC(=O)Cc1cccc(C)c1. The van der Waals surface area contributed by atoms with Crippen LogP contribution in [0, 0.1) is 6.92 Å². The highest BCUT2D eigenvalue weighted by Crippen LogP contribution is 2.04. The van der Waals surface area contributed by atoms with Gasteiger partial charge in [0.1, 0.15) is 0 Å². The van der Waals surface area contributed by atoms with Gasteiger partial charge in [-0.15, -0.1) is 0 Å². The highest BCUT2D eigenvalue weighted by molar-refractivity contribution is 5.78. The molecule has 1 rings (SSSR count). The Morgan fingerprint density at radius 2 is 2.11 bits per heavy atom. The molecule has 0 saturated heterocycles. The number of carbonyl (C=O) groups is 1. The molecular weight excluding hydrogens is 228 g/mol. The predicted molar refractivity (Wildman–Crippen MR) is 72.6 cm³/mol. The van der Waals surface area contributed by atoms with Crippen LogP contribution in [-0.4, -0.2) is 39.3 Å². The minimum atomic E-state index is 0.0640. The van der Waals surface area contributed by atoms with Crippen molar-refractivity contribution in [3.8, 4) is 0 Å². The summed E-state index contributed by atoms with van der Waals surface area (Å²) in [6, 6.07) is 8.02. The van der Waals surface area contributed by atoms with Gasteiger partial charge in [0.15, 0.2) is 0 Å². The summed E-state index contributed by atoms with van der Waals surface area (Å²) in [7, 11) is 1.67. The summed E-state index contributed by atoms with van der Waals surface area (Å²) in [4.78, 5) is 11.6. The van der Waals surface area contributed by atoms with E-state index in [0.717, 1.165) is 18.7 Å². The van der Waals surface area contributed by atoms with Crippen molar-refractivity contribution in [1.29, 1.82) is 0 Å². The van der Waals surface area contributed by atoms with Gasteiger partial charge >= 0.3 is 0 Å². The van der Waals surface area contributed by atoms with Gasteiger partial charge in [0, 0.05) is 26.7 Å². The van der Waals surface area contributed by atoms with E-state index in [4.69, 9.17) is 4.74 Å². The molecule has 0 radical (unpaired) electrons. The fourth-order valence-electron chi connectivity index (χ4n) is 1.66. The van der Waals surface area contributed by atoms with E-state index in [-0.39, 0.29) is 5.91 Å². The molecule has 1 amide bonds. The molecule has 0 aliphatic carbocycles. The molecule has 0 aliphatic heterocycles. The van der Waals surface area contributed by atoms with Crippen molar-refractivity contribution in [2.75, 3.05) is 33.4 Å². The van der Waals surface area contributed by atoms with Crippen molar-refractivity contribution in [2.24, 2.45) is 0 Å². The molecule has 0 unspecified atom stereocenters. The number of amides is 1. The van der Waals surface area contributed by atoms with Gasteiger partial charge < -0.3 is 15.4 Å². The Morgan fingerprint density at radius 1 is 1.28 bits per heavy atom. The van der Waals surface area contributed by atoms with Gasteiger partial charge in [-0.2, -0.15) is 0 Å². The largest absolute Gasteiger partial charge is 0.383 e. The first kappa shape index (κ1) is 14.7. The van der Waals surface area contributed by atoms with Crippen molar-refractivity contribution in [2.45, 2.75) is 13.3 Å². The minimum Gasteiger partial charge on any atom is -0.383 e. The third-order valence-corrected chi connectivity index (χ3v) is 2.55. The highest BCUT2D eigenvalue weighted by atomic mass is 16.5. The maximum atomic E-state index is 11.6. The topological polar surface area (TPSA) is 50.4 Å². The average Bonchev–Trinajstić information content (AvgIpc) is 2.33. The van der Waals surface area contributed by atoms with Crippen LogP contribution >= 0.6 is 0 Å². The summed E-state index contributed by atoms with van der Waals surface area (Å²) in [6.45, 7) is 4.94. The molecule has 1 aromatic rings. The van der Waals surface area contributed by atoms with Crippen molar-refractivity contribution in [3.05, 3.63) is 35.4 Å². The summed E-state index contributed by atoms with van der Waals surface area (Å²) in [5.74, 6) is 0.0640. The van der Waals surface area contributed by atoms with Gasteiger partial charge in [-0.1, -0.05) is 29.8 Å². The normalized spacial score (nSPS) is 10.3. The number of hydrogen-bond acceptors (Lipinski definition) is 3. The van der Waals surface area contributed by atoms with E-state index in [1.807, 2.05) is 31.2 Å². The molecule has 4 heteroatoms. The molecule has 0 saturated carbocycles. The van der Waals surface area contributed by atoms with E-state index in [2.05, 4.69) is 10.6 Å². The molecule has 0 heterocycles. The Labute approximate surface area is 109 Å². The lowest BCUT2D eigenvalue weighted by Gasteiger charge is -2.07. The molecular formula is C14H22N2O2. The molecule has 1 aromatic carbocycles. The molecule has 4 nitrogen and oxygen atoms in total. The van der Waals surface area contributed by atoms with Crippen LogP contribution in [0.15, 0.2) is 24.3 Å². The summed E-state index contributed by atoms with van der Waals surface area (Å²) < 4.78 is 4.91. The molecule has 0 spiro atoms. The Kier molecular flexibility index (Phi) is 7.06. The molecule has 0 atom stereocenters. The number of aryl methyl sites for hydroxylation is 1. The Balaban J connectivity index is 2.14. The van der Waals surface area contributed by atoms with Gasteiger partial charge in [0.2, 0.25) is 5.91 Å². The molecule has 18 heavy (non-hydrogen) atoms. The lowest BCUT2D eigenvalue weighted by Crippen LogP contribution is -2.33. The third kappa shape index (κ3) is 6.37. The van der Waals surface area contributed by atoms with Crippen LogP contribution in [0.5, 0.6) is 0 Å². The molecule has 2 N–H and O–H groups in total. The van der Waals surface area contributed by atoms with Crippen molar-refractivity contribution in [3.63, 3.8) is 0 Å². The summed E-state index contributed by atoms with van der Waals surface area (Å²) >= 11 is 0. The first-order valence-corrected chi connectivity index (χ1v) is 6.24. The second kappa shape index (κ2) is 8.66. The zero-order valence-electron chi connectivity index (χ0n) is 11.2. The van der Waals surface area contributed by atoms with E-state index in [1.165, 1.54) is 5.56 Å². The minimum absolute atomic E-state index is 0.0640. The number of rotatable bonds is 8. The first-order valence-electron chi connectivity index (χ1n) is 6.24. The lowest BCUT2D eigenvalue weighted by molar-refractivity contribution is -0.120. The van der Waals surface area contributed by atoms with Crippen LogP contribution in [0.4, 0.5) is 0 Å². The predicted octanol–water partition coefficient (Wildman–Crippen LogP) is 0.890. The number of carbonyl (C=O) groups excluding carboxylic acids is 1. The smallest absolute Gasteiger partial charge is 0.224 e. The number of ether oxygens (including phenoxy) is 1. The van der Waals surface area contributed by atoms with Crippen molar-refractivity contribution < 1.29 is 9.53 Å².